The van der Waals surface area contributed by atoms with E-state index in [0.717, 1.165) is 6.07 Å². The first kappa shape index (κ1) is 21.5. The molecule has 4 aromatic rings. The number of nitrogens with zero attached hydrogens (tertiary/aromatic N) is 5. The Hall–Kier alpha value is -3.73. The Labute approximate surface area is 186 Å². The largest absolute Gasteiger partial charge is 0.434 e. The fraction of sp³-hybridized carbons (Fsp3) is 0.200. The third-order valence-corrected chi connectivity index (χ3v) is 4.47. The summed E-state index contributed by atoms with van der Waals surface area (Å²) in [5, 5.41) is 13.9. The monoisotopic (exact) mass is 461 g/mol. The lowest BCUT2D eigenvalue weighted by molar-refractivity contribution is -0.113. The Balaban J connectivity index is 1.62. The molecule has 0 spiro atoms. The van der Waals surface area contributed by atoms with Crippen LogP contribution in [0.2, 0.25) is 0 Å². The summed E-state index contributed by atoms with van der Waals surface area (Å²) < 4.78 is 36.3. The highest BCUT2D eigenvalue weighted by Crippen LogP contribution is 2.30. The maximum absolute atomic E-state index is 14.4. The summed E-state index contributed by atoms with van der Waals surface area (Å²) >= 11 is 5.50. The first-order valence-electron chi connectivity index (χ1n) is 9.53. The SMILES string of the molecule is CC(F)Cn1cc(Nc2nc(Oc3cc(NC(=O)CCl)ccc3F)c3cccn3n2)cn1. The molecule has 0 aliphatic heterocycles. The van der Waals surface area contributed by atoms with Crippen molar-refractivity contribution in [2.45, 2.75) is 19.6 Å². The standard InChI is InChI=1S/C20H18ClF2N7O2/c1-12(22)10-29-11-14(9-24-29)26-20-27-19(16-3-2-6-30(16)28-20)32-17-7-13(4-5-15(17)23)25-18(31)8-21/h2-7,9,11-12H,8,10H2,1H3,(H,25,31)(H,26,28). The van der Waals surface area contributed by atoms with Gasteiger partial charge in [0.15, 0.2) is 11.6 Å². The predicted molar refractivity (Wildman–Crippen MR) is 115 cm³/mol. The molecule has 12 heteroatoms. The summed E-state index contributed by atoms with van der Waals surface area (Å²) in [4.78, 5) is 15.8. The minimum absolute atomic E-state index is 0.0805. The van der Waals surface area contributed by atoms with Crippen molar-refractivity contribution in [3.8, 4) is 11.6 Å². The Bertz CT molecular complexity index is 1260. The van der Waals surface area contributed by atoms with E-state index in [0.29, 0.717) is 16.9 Å². The number of hydrogen-bond acceptors (Lipinski definition) is 6. The number of nitrogens with one attached hydrogen (secondary N) is 2. The molecule has 32 heavy (non-hydrogen) atoms. The van der Waals surface area contributed by atoms with Gasteiger partial charge in [0.2, 0.25) is 17.7 Å². The molecule has 0 bridgehead atoms. The van der Waals surface area contributed by atoms with Crippen molar-refractivity contribution < 1.29 is 18.3 Å². The zero-order valence-electron chi connectivity index (χ0n) is 16.8. The van der Waals surface area contributed by atoms with Crippen molar-refractivity contribution in [1.82, 2.24) is 24.4 Å². The Morgan fingerprint density at radius 1 is 1.31 bits per heavy atom. The molecule has 166 valence electrons. The molecule has 3 aromatic heterocycles. The molecule has 1 unspecified atom stereocenters. The van der Waals surface area contributed by atoms with Crippen molar-refractivity contribution >= 4 is 40.3 Å². The topological polar surface area (TPSA) is 98.4 Å². The number of aromatic nitrogens is 5. The maximum Gasteiger partial charge on any atom is 0.248 e. The molecular weight excluding hydrogens is 444 g/mol. The summed E-state index contributed by atoms with van der Waals surface area (Å²) in [5.74, 6) is -1.22. The Kier molecular flexibility index (Phi) is 6.17. The fourth-order valence-corrected chi connectivity index (χ4v) is 2.97. The number of alkyl halides is 2. The van der Waals surface area contributed by atoms with Crippen LogP contribution < -0.4 is 15.4 Å². The number of carbonyl (C=O) groups excluding carboxylic acids is 1. The quantitative estimate of drug-likeness (QED) is 0.383. The number of fused-ring (bicyclic) bond motifs is 1. The second kappa shape index (κ2) is 9.18. The van der Waals surface area contributed by atoms with Crippen molar-refractivity contribution in [2.75, 3.05) is 16.5 Å². The van der Waals surface area contributed by atoms with Crippen molar-refractivity contribution in [2.24, 2.45) is 0 Å². The van der Waals surface area contributed by atoms with E-state index in [1.165, 1.54) is 34.5 Å². The molecule has 1 amide bonds. The van der Waals surface area contributed by atoms with Gasteiger partial charge in [0.1, 0.15) is 17.6 Å². The molecule has 0 aliphatic carbocycles. The van der Waals surface area contributed by atoms with Gasteiger partial charge in [-0.1, -0.05) is 0 Å². The number of ether oxygens (including phenoxy) is 1. The number of hydrogen-bond donors (Lipinski definition) is 2. The lowest BCUT2D eigenvalue weighted by atomic mass is 10.3. The normalized spacial score (nSPS) is 12.0. The molecule has 2 N–H and O–H groups in total. The van der Waals surface area contributed by atoms with Crippen LogP contribution in [-0.4, -0.2) is 42.3 Å². The lowest BCUT2D eigenvalue weighted by Crippen LogP contribution is -2.12. The number of rotatable bonds is 8. The van der Waals surface area contributed by atoms with Gasteiger partial charge < -0.3 is 15.4 Å². The number of carbonyl (C=O) groups is 1. The molecule has 1 aromatic carbocycles. The van der Waals surface area contributed by atoms with E-state index in [4.69, 9.17) is 16.3 Å². The summed E-state index contributed by atoms with van der Waals surface area (Å²) in [7, 11) is 0. The molecule has 0 saturated carbocycles. The fourth-order valence-electron chi connectivity index (χ4n) is 2.91. The van der Waals surface area contributed by atoms with Gasteiger partial charge in [-0.05, 0) is 31.2 Å². The van der Waals surface area contributed by atoms with Crippen molar-refractivity contribution in [3.63, 3.8) is 0 Å². The highest BCUT2D eigenvalue weighted by atomic mass is 35.5. The van der Waals surface area contributed by atoms with Crippen molar-refractivity contribution in [3.05, 3.63) is 54.7 Å². The summed E-state index contributed by atoms with van der Waals surface area (Å²) in [5.41, 5.74) is 1.35. The van der Waals surface area contributed by atoms with E-state index in [1.807, 2.05) is 0 Å². The molecule has 0 fully saturated rings. The first-order chi connectivity index (χ1) is 15.4. The second-order valence-electron chi connectivity index (χ2n) is 6.86. The van der Waals surface area contributed by atoms with Gasteiger partial charge in [-0.3, -0.25) is 9.48 Å². The van der Waals surface area contributed by atoms with E-state index in [1.54, 1.807) is 24.5 Å². The number of halogens is 3. The minimum atomic E-state index is -1.05. The maximum atomic E-state index is 14.4. The molecule has 0 saturated heterocycles. The smallest absolute Gasteiger partial charge is 0.248 e. The summed E-state index contributed by atoms with van der Waals surface area (Å²) in [6.07, 6.45) is 3.75. The zero-order valence-corrected chi connectivity index (χ0v) is 17.6. The van der Waals surface area contributed by atoms with Gasteiger partial charge in [0.25, 0.3) is 0 Å². The van der Waals surface area contributed by atoms with Gasteiger partial charge in [-0.25, -0.2) is 13.3 Å². The number of amides is 1. The van der Waals surface area contributed by atoms with Gasteiger partial charge in [0, 0.05) is 24.1 Å². The molecule has 0 aliphatic rings. The molecule has 3 heterocycles. The van der Waals surface area contributed by atoms with Crippen LogP contribution in [0.5, 0.6) is 11.6 Å². The van der Waals surface area contributed by atoms with Gasteiger partial charge in [0.05, 0.1) is 18.4 Å². The van der Waals surface area contributed by atoms with Crippen LogP contribution in [0.25, 0.3) is 5.52 Å². The third-order valence-electron chi connectivity index (χ3n) is 4.23. The minimum Gasteiger partial charge on any atom is -0.434 e. The first-order valence-corrected chi connectivity index (χ1v) is 10.1. The molecule has 0 radical (unpaired) electrons. The average molecular weight is 462 g/mol. The average Bonchev–Trinajstić information content (AvgIpc) is 3.39. The van der Waals surface area contributed by atoms with E-state index >= 15 is 0 Å². The van der Waals surface area contributed by atoms with Gasteiger partial charge in [-0.15, -0.1) is 16.7 Å². The zero-order chi connectivity index (χ0) is 22.7. The molecule has 9 nitrogen and oxygen atoms in total. The highest BCUT2D eigenvalue weighted by molar-refractivity contribution is 6.29. The Morgan fingerprint density at radius 2 is 2.16 bits per heavy atom. The predicted octanol–water partition coefficient (Wildman–Crippen LogP) is 4.14. The lowest BCUT2D eigenvalue weighted by Gasteiger charge is -2.11. The van der Waals surface area contributed by atoms with Gasteiger partial charge >= 0.3 is 0 Å². The number of benzene rings is 1. The summed E-state index contributed by atoms with van der Waals surface area (Å²) in [6.45, 7) is 1.56. The van der Waals surface area contributed by atoms with Crippen LogP contribution in [0.1, 0.15) is 6.92 Å². The molecular formula is C20H18ClF2N7O2. The van der Waals surface area contributed by atoms with Crippen LogP contribution in [0.3, 0.4) is 0 Å². The van der Waals surface area contributed by atoms with Crippen LogP contribution in [-0.2, 0) is 11.3 Å². The highest BCUT2D eigenvalue weighted by Gasteiger charge is 2.15. The van der Waals surface area contributed by atoms with Gasteiger partial charge in [-0.2, -0.15) is 10.1 Å². The van der Waals surface area contributed by atoms with E-state index in [-0.39, 0.29) is 30.0 Å². The number of anilines is 3. The third kappa shape index (κ3) is 4.94. The Morgan fingerprint density at radius 3 is 2.94 bits per heavy atom. The van der Waals surface area contributed by atoms with Crippen LogP contribution >= 0.6 is 11.6 Å². The van der Waals surface area contributed by atoms with Crippen LogP contribution in [0, 0.1) is 5.82 Å². The molecule has 4 rings (SSSR count). The van der Waals surface area contributed by atoms with Crippen LogP contribution in [0.15, 0.2) is 48.9 Å². The van der Waals surface area contributed by atoms with E-state index < -0.39 is 17.9 Å². The van der Waals surface area contributed by atoms with E-state index in [9.17, 15) is 13.6 Å². The molecule has 1 atom stereocenters. The van der Waals surface area contributed by atoms with Crippen LogP contribution in [0.4, 0.5) is 26.1 Å². The van der Waals surface area contributed by atoms with E-state index in [2.05, 4.69) is 25.8 Å². The van der Waals surface area contributed by atoms with Crippen molar-refractivity contribution in [1.29, 1.82) is 0 Å². The summed E-state index contributed by atoms with van der Waals surface area (Å²) in [6, 6.07) is 7.32. The second-order valence-corrected chi connectivity index (χ2v) is 7.13.